The molecule has 0 aromatic heterocycles. The number of carbonyl (C=O) groups is 2. The summed E-state index contributed by atoms with van der Waals surface area (Å²) in [4.78, 5) is 25.5. The summed E-state index contributed by atoms with van der Waals surface area (Å²) in [5.74, 6) is 0.413. The van der Waals surface area contributed by atoms with Crippen LogP contribution in [0, 0.1) is 17.3 Å². The molecule has 0 radical (unpaired) electrons. The summed E-state index contributed by atoms with van der Waals surface area (Å²) in [6.07, 6.45) is 1.72. The second kappa shape index (κ2) is 5.69. The van der Waals surface area contributed by atoms with Crippen molar-refractivity contribution in [2.75, 3.05) is 27.2 Å². The summed E-state index contributed by atoms with van der Waals surface area (Å²) in [6, 6.07) is 0. The third-order valence-electron chi connectivity index (χ3n) is 3.91. The molecule has 0 heterocycles. The lowest BCUT2D eigenvalue weighted by Crippen LogP contribution is -2.54. The van der Waals surface area contributed by atoms with E-state index in [1.807, 2.05) is 6.92 Å². The van der Waals surface area contributed by atoms with E-state index in [9.17, 15) is 9.59 Å². The molecule has 0 bridgehead atoms. The molecule has 1 aliphatic carbocycles. The van der Waals surface area contributed by atoms with Gasteiger partial charge in [0.2, 0.25) is 11.8 Å². The Labute approximate surface area is 109 Å². The van der Waals surface area contributed by atoms with Crippen LogP contribution in [0.4, 0.5) is 0 Å². The first-order valence-electron chi connectivity index (χ1n) is 6.53. The predicted molar refractivity (Wildman–Crippen MR) is 70.8 cm³/mol. The molecule has 1 rings (SSSR count). The van der Waals surface area contributed by atoms with Gasteiger partial charge < -0.3 is 16.0 Å². The van der Waals surface area contributed by atoms with Gasteiger partial charge in [0.05, 0.1) is 11.3 Å². The topological polar surface area (TPSA) is 75.4 Å². The molecule has 5 heteroatoms. The van der Waals surface area contributed by atoms with Gasteiger partial charge in [-0.25, -0.2) is 0 Å². The molecule has 18 heavy (non-hydrogen) atoms. The smallest absolute Gasteiger partial charge is 0.229 e. The lowest BCUT2D eigenvalue weighted by Gasteiger charge is -2.46. The van der Waals surface area contributed by atoms with Gasteiger partial charge >= 0.3 is 0 Å². The molecular weight excluding hydrogens is 230 g/mol. The zero-order chi connectivity index (χ0) is 13.9. The average molecular weight is 255 g/mol. The number of amides is 2. The normalized spacial score (nSPS) is 28.2. The Morgan fingerprint density at radius 3 is 2.44 bits per heavy atom. The van der Waals surface area contributed by atoms with E-state index in [0.717, 1.165) is 12.8 Å². The highest BCUT2D eigenvalue weighted by Gasteiger charge is 2.48. The molecular formula is C13H25N3O2. The van der Waals surface area contributed by atoms with E-state index in [1.54, 1.807) is 19.0 Å². The third-order valence-corrected chi connectivity index (χ3v) is 3.91. The number of nitrogens with zero attached hydrogens (tertiary/aromatic N) is 1. The molecule has 1 saturated carbocycles. The number of hydrogen-bond donors (Lipinski definition) is 2. The maximum Gasteiger partial charge on any atom is 0.229 e. The summed E-state index contributed by atoms with van der Waals surface area (Å²) in [7, 11) is 3.36. The molecule has 0 spiro atoms. The fourth-order valence-electron chi connectivity index (χ4n) is 2.93. The Hall–Kier alpha value is -1.10. The van der Waals surface area contributed by atoms with Crippen molar-refractivity contribution in [2.45, 2.75) is 26.7 Å². The molecule has 2 amide bonds. The number of carbonyl (C=O) groups excluding carboxylic acids is 2. The number of nitrogens with one attached hydrogen (secondary N) is 1. The van der Waals surface area contributed by atoms with E-state index in [1.165, 1.54) is 0 Å². The maximum absolute atomic E-state index is 12.4. The Balaban J connectivity index is 2.58. The van der Waals surface area contributed by atoms with Crippen molar-refractivity contribution >= 4 is 11.8 Å². The summed E-state index contributed by atoms with van der Waals surface area (Å²) in [5, 5.41) is 2.60. The van der Waals surface area contributed by atoms with Crippen LogP contribution < -0.4 is 11.1 Å². The van der Waals surface area contributed by atoms with Gasteiger partial charge in [0.1, 0.15) is 0 Å². The van der Waals surface area contributed by atoms with Gasteiger partial charge in [0.15, 0.2) is 0 Å². The molecule has 104 valence electrons. The van der Waals surface area contributed by atoms with Gasteiger partial charge in [-0.05, 0) is 18.8 Å². The Bertz CT molecular complexity index is 324. The molecule has 0 aromatic carbocycles. The van der Waals surface area contributed by atoms with Crippen molar-refractivity contribution in [3.05, 3.63) is 0 Å². The van der Waals surface area contributed by atoms with Crippen LogP contribution in [0.3, 0.4) is 0 Å². The second-order valence-electron chi connectivity index (χ2n) is 5.70. The van der Waals surface area contributed by atoms with Crippen molar-refractivity contribution in [1.29, 1.82) is 0 Å². The van der Waals surface area contributed by atoms with Crippen LogP contribution in [-0.2, 0) is 9.59 Å². The van der Waals surface area contributed by atoms with Gasteiger partial charge in [0.25, 0.3) is 0 Å². The Morgan fingerprint density at radius 1 is 1.50 bits per heavy atom. The van der Waals surface area contributed by atoms with Crippen LogP contribution in [0.2, 0.25) is 0 Å². The van der Waals surface area contributed by atoms with Crippen LogP contribution in [0.25, 0.3) is 0 Å². The van der Waals surface area contributed by atoms with Gasteiger partial charge in [-0.1, -0.05) is 13.8 Å². The summed E-state index contributed by atoms with van der Waals surface area (Å²) >= 11 is 0. The average Bonchev–Trinajstić information content (AvgIpc) is 2.32. The van der Waals surface area contributed by atoms with E-state index < -0.39 is 0 Å². The second-order valence-corrected chi connectivity index (χ2v) is 5.70. The van der Waals surface area contributed by atoms with Gasteiger partial charge in [-0.2, -0.15) is 0 Å². The summed E-state index contributed by atoms with van der Waals surface area (Å²) in [5.41, 5.74) is 5.38. The minimum atomic E-state index is -0.378. The molecule has 1 unspecified atom stereocenters. The van der Waals surface area contributed by atoms with E-state index in [-0.39, 0.29) is 23.1 Å². The van der Waals surface area contributed by atoms with Crippen molar-refractivity contribution in [3.63, 3.8) is 0 Å². The van der Waals surface area contributed by atoms with Crippen LogP contribution in [0.15, 0.2) is 0 Å². The molecule has 1 atom stereocenters. The van der Waals surface area contributed by atoms with Crippen molar-refractivity contribution < 1.29 is 9.59 Å². The number of rotatable bonds is 5. The van der Waals surface area contributed by atoms with E-state index in [2.05, 4.69) is 12.2 Å². The fraction of sp³-hybridized carbons (Fsp3) is 0.846. The summed E-state index contributed by atoms with van der Waals surface area (Å²) in [6.45, 7) is 4.79. The molecule has 0 saturated heterocycles. The number of nitrogens with two attached hydrogens (primary N) is 1. The van der Waals surface area contributed by atoms with Crippen molar-refractivity contribution in [2.24, 2.45) is 23.0 Å². The van der Waals surface area contributed by atoms with Crippen LogP contribution in [0.5, 0.6) is 0 Å². The van der Waals surface area contributed by atoms with E-state index in [0.29, 0.717) is 19.0 Å². The monoisotopic (exact) mass is 255 g/mol. The Kier molecular flexibility index (Phi) is 4.73. The first-order valence-corrected chi connectivity index (χ1v) is 6.53. The van der Waals surface area contributed by atoms with Crippen LogP contribution in [-0.4, -0.2) is 43.9 Å². The Morgan fingerprint density at radius 2 is 2.06 bits per heavy atom. The molecule has 5 nitrogen and oxygen atoms in total. The molecule has 0 aromatic rings. The highest BCUT2D eigenvalue weighted by atomic mass is 16.2. The molecule has 0 aliphatic heterocycles. The minimum Gasteiger partial charge on any atom is -0.359 e. The highest BCUT2D eigenvalue weighted by molar-refractivity contribution is 5.85. The molecule has 3 N–H and O–H groups in total. The zero-order valence-electron chi connectivity index (χ0n) is 11.8. The fourth-order valence-corrected chi connectivity index (χ4v) is 2.93. The van der Waals surface area contributed by atoms with Crippen LogP contribution >= 0.6 is 0 Å². The van der Waals surface area contributed by atoms with Gasteiger partial charge in [-0.3, -0.25) is 9.59 Å². The predicted octanol–water partition coefficient (Wildman–Crippen LogP) is 0.202. The lowest BCUT2D eigenvalue weighted by molar-refractivity contribution is -0.149. The van der Waals surface area contributed by atoms with E-state index >= 15 is 0 Å². The van der Waals surface area contributed by atoms with Gasteiger partial charge in [0, 0.05) is 27.2 Å². The third kappa shape index (κ3) is 2.83. The first-order chi connectivity index (χ1) is 8.36. The van der Waals surface area contributed by atoms with Crippen molar-refractivity contribution in [1.82, 2.24) is 10.2 Å². The van der Waals surface area contributed by atoms with E-state index in [4.69, 9.17) is 5.73 Å². The number of hydrogen-bond acceptors (Lipinski definition) is 3. The lowest BCUT2D eigenvalue weighted by atomic mass is 9.62. The quantitative estimate of drug-likeness (QED) is 0.737. The molecule has 1 fully saturated rings. The zero-order valence-corrected chi connectivity index (χ0v) is 11.8. The highest BCUT2D eigenvalue weighted by Crippen LogP contribution is 2.45. The van der Waals surface area contributed by atoms with Crippen molar-refractivity contribution in [3.8, 4) is 0 Å². The SMILES string of the molecule is CNC(=O)C(C)CN(C)C(=O)C1(CN)CC(C)C1. The standard InChI is InChI=1S/C13H25N3O2/c1-9-5-13(6-9,8-14)12(18)16(4)7-10(2)11(17)15-3/h9-10H,5-8,14H2,1-4H3,(H,15,17). The maximum atomic E-state index is 12.4. The molecule has 1 aliphatic rings. The largest absolute Gasteiger partial charge is 0.359 e. The van der Waals surface area contributed by atoms with Crippen LogP contribution in [0.1, 0.15) is 26.7 Å². The summed E-state index contributed by atoms with van der Waals surface area (Å²) < 4.78 is 0. The van der Waals surface area contributed by atoms with Gasteiger partial charge in [-0.15, -0.1) is 0 Å². The first kappa shape index (κ1) is 15.0. The minimum absolute atomic E-state index is 0.0431.